The summed E-state index contributed by atoms with van der Waals surface area (Å²) in [6.07, 6.45) is 3.40. The van der Waals surface area contributed by atoms with Crippen LogP contribution in [0.3, 0.4) is 0 Å². The Morgan fingerprint density at radius 3 is 2.37 bits per heavy atom. The lowest BCUT2D eigenvalue weighted by Crippen LogP contribution is -2.34. The highest BCUT2D eigenvalue weighted by atomic mass is 16.2. The van der Waals surface area contributed by atoms with Crippen molar-refractivity contribution in [3.63, 3.8) is 0 Å². The molecular formula is C19H13N5O3. The Labute approximate surface area is 153 Å². The van der Waals surface area contributed by atoms with Crippen LogP contribution in [0.2, 0.25) is 0 Å². The number of nitrogens with zero attached hydrogens (tertiary/aromatic N) is 5. The Morgan fingerprint density at radius 2 is 1.70 bits per heavy atom. The molecule has 2 aliphatic heterocycles. The van der Waals surface area contributed by atoms with Crippen molar-refractivity contribution < 1.29 is 9.59 Å². The number of hydrogen-bond acceptors (Lipinski definition) is 6. The highest BCUT2D eigenvalue weighted by Gasteiger charge is 2.43. The van der Waals surface area contributed by atoms with Crippen molar-refractivity contribution in [3.05, 3.63) is 76.2 Å². The molecule has 4 heterocycles. The maximum absolute atomic E-state index is 12.8. The van der Waals surface area contributed by atoms with Gasteiger partial charge in [0.2, 0.25) is 0 Å². The molecule has 2 aliphatic rings. The van der Waals surface area contributed by atoms with Crippen molar-refractivity contribution in [3.8, 4) is 11.4 Å². The van der Waals surface area contributed by atoms with Gasteiger partial charge < -0.3 is 0 Å². The zero-order valence-electron chi connectivity index (χ0n) is 14.1. The van der Waals surface area contributed by atoms with Crippen LogP contribution in [-0.4, -0.2) is 36.2 Å². The van der Waals surface area contributed by atoms with Crippen LogP contribution >= 0.6 is 0 Å². The summed E-state index contributed by atoms with van der Waals surface area (Å²) in [5, 5.41) is 0. The normalized spacial score (nSPS) is 17.9. The van der Waals surface area contributed by atoms with Gasteiger partial charge in [-0.2, -0.15) is 0 Å². The van der Waals surface area contributed by atoms with Gasteiger partial charge >= 0.3 is 0 Å². The zero-order valence-corrected chi connectivity index (χ0v) is 14.1. The number of benzene rings is 1. The molecule has 132 valence electrons. The second-order valence-electron chi connectivity index (χ2n) is 6.41. The van der Waals surface area contributed by atoms with Gasteiger partial charge in [-0.3, -0.25) is 23.9 Å². The highest BCUT2D eigenvalue weighted by molar-refractivity contribution is 6.21. The molecule has 5 rings (SSSR count). The van der Waals surface area contributed by atoms with E-state index < -0.39 is 6.04 Å². The quantitative estimate of drug-likeness (QED) is 0.642. The fourth-order valence-electron chi connectivity index (χ4n) is 3.69. The van der Waals surface area contributed by atoms with E-state index in [1.54, 1.807) is 36.5 Å². The average Bonchev–Trinajstić information content (AvgIpc) is 3.22. The molecule has 0 saturated carbocycles. The van der Waals surface area contributed by atoms with E-state index in [1.165, 1.54) is 21.9 Å². The summed E-state index contributed by atoms with van der Waals surface area (Å²) in [7, 11) is 0. The molecule has 2 aromatic heterocycles. The fourth-order valence-corrected chi connectivity index (χ4v) is 3.69. The molecule has 0 spiro atoms. The maximum atomic E-state index is 12.8. The smallest absolute Gasteiger partial charge is 0.262 e. The molecule has 0 aliphatic carbocycles. The molecule has 0 saturated heterocycles. The number of carbonyl (C=O) groups excluding carboxylic acids is 2. The number of carbonyl (C=O) groups is 2. The summed E-state index contributed by atoms with van der Waals surface area (Å²) in [4.78, 5) is 52.0. The number of fused-ring (bicyclic) bond motifs is 2. The van der Waals surface area contributed by atoms with Gasteiger partial charge in [-0.15, -0.1) is 0 Å². The monoisotopic (exact) mass is 359 g/mol. The predicted molar refractivity (Wildman–Crippen MR) is 93.8 cm³/mol. The third kappa shape index (κ3) is 2.23. The molecule has 0 fully saturated rings. The third-order valence-corrected chi connectivity index (χ3v) is 4.94. The minimum atomic E-state index is -0.577. The lowest BCUT2D eigenvalue weighted by Gasteiger charge is -2.21. The van der Waals surface area contributed by atoms with Gasteiger partial charge in [0.25, 0.3) is 17.4 Å². The summed E-state index contributed by atoms with van der Waals surface area (Å²) in [6, 6.07) is 9.23. The Morgan fingerprint density at radius 1 is 0.963 bits per heavy atom. The molecule has 0 bridgehead atoms. The minimum Gasteiger partial charge on any atom is -0.295 e. The summed E-state index contributed by atoms with van der Waals surface area (Å²) < 4.78 is 1.51. The zero-order chi connectivity index (χ0) is 18.5. The number of rotatable bonds is 2. The van der Waals surface area contributed by atoms with Gasteiger partial charge in [-0.1, -0.05) is 12.1 Å². The van der Waals surface area contributed by atoms with Crippen LogP contribution in [0.15, 0.2) is 53.7 Å². The van der Waals surface area contributed by atoms with Gasteiger partial charge in [-0.25, -0.2) is 15.0 Å². The van der Waals surface area contributed by atoms with E-state index in [0.717, 1.165) is 0 Å². The van der Waals surface area contributed by atoms with Crippen LogP contribution in [-0.2, 0) is 6.54 Å². The van der Waals surface area contributed by atoms with Crippen molar-refractivity contribution in [2.45, 2.75) is 19.0 Å². The molecule has 2 amide bonds. The maximum Gasteiger partial charge on any atom is 0.262 e. The molecule has 3 aromatic rings. The van der Waals surface area contributed by atoms with Gasteiger partial charge in [-0.05, 0) is 24.6 Å². The molecule has 0 N–H and O–H groups in total. The largest absolute Gasteiger partial charge is 0.295 e. The van der Waals surface area contributed by atoms with Crippen molar-refractivity contribution in [2.24, 2.45) is 0 Å². The van der Waals surface area contributed by atoms with Crippen LogP contribution in [0.5, 0.6) is 0 Å². The molecule has 0 radical (unpaired) electrons. The Hall–Kier alpha value is -3.68. The number of aromatic nitrogens is 4. The van der Waals surface area contributed by atoms with Crippen molar-refractivity contribution in [2.75, 3.05) is 0 Å². The first-order chi connectivity index (χ1) is 13.1. The van der Waals surface area contributed by atoms with Gasteiger partial charge in [0.05, 0.1) is 22.5 Å². The first kappa shape index (κ1) is 15.6. The van der Waals surface area contributed by atoms with E-state index in [2.05, 4.69) is 15.0 Å². The fraction of sp³-hybridized carbons (Fsp3) is 0.158. The third-order valence-electron chi connectivity index (χ3n) is 4.94. The van der Waals surface area contributed by atoms with Crippen LogP contribution in [0, 0.1) is 0 Å². The molecule has 27 heavy (non-hydrogen) atoms. The lowest BCUT2D eigenvalue weighted by molar-refractivity contribution is 0.0579. The molecule has 1 atom stereocenters. The first-order valence-electron chi connectivity index (χ1n) is 8.50. The van der Waals surface area contributed by atoms with Crippen LogP contribution < -0.4 is 5.56 Å². The lowest BCUT2D eigenvalue weighted by atomic mass is 10.1. The highest BCUT2D eigenvalue weighted by Crippen LogP contribution is 2.36. The minimum absolute atomic E-state index is 0.229. The molecule has 8 nitrogen and oxygen atoms in total. The van der Waals surface area contributed by atoms with Crippen molar-refractivity contribution in [1.82, 2.24) is 24.4 Å². The SMILES string of the molecule is O=C1c2ccccc2C(=O)N1C1CCn2c1nc(-c1ccncn1)cc2=O. The van der Waals surface area contributed by atoms with Crippen molar-refractivity contribution in [1.29, 1.82) is 0 Å². The summed E-state index contributed by atoms with van der Waals surface area (Å²) in [5.74, 6) is -0.294. The average molecular weight is 359 g/mol. The molecule has 1 unspecified atom stereocenters. The Bertz CT molecular complexity index is 1120. The van der Waals surface area contributed by atoms with E-state index in [0.29, 0.717) is 41.3 Å². The Kier molecular flexibility index (Phi) is 3.27. The second kappa shape index (κ2) is 5.66. The Balaban J connectivity index is 1.61. The number of imide groups is 1. The molecule has 1 aromatic carbocycles. The van der Waals surface area contributed by atoms with E-state index in [1.807, 2.05) is 0 Å². The number of amides is 2. The van der Waals surface area contributed by atoms with Crippen LogP contribution in [0.1, 0.15) is 39.0 Å². The van der Waals surface area contributed by atoms with Crippen molar-refractivity contribution >= 4 is 11.8 Å². The van der Waals surface area contributed by atoms with E-state index >= 15 is 0 Å². The van der Waals surface area contributed by atoms with Gasteiger partial charge in [0.1, 0.15) is 18.2 Å². The first-order valence-corrected chi connectivity index (χ1v) is 8.50. The van der Waals surface area contributed by atoms with Crippen LogP contribution in [0.25, 0.3) is 11.4 Å². The molecular weight excluding hydrogens is 346 g/mol. The van der Waals surface area contributed by atoms with Gasteiger partial charge in [0.15, 0.2) is 0 Å². The van der Waals surface area contributed by atoms with E-state index in [9.17, 15) is 14.4 Å². The topological polar surface area (TPSA) is 98.1 Å². The van der Waals surface area contributed by atoms with Gasteiger partial charge in [0, 0.05) is 18.8 Å². The summed E-state index contributed by atoms with van der Waals surface area (Å²) in [6.45, 7) is 0.406. The summed E-state index contributed by atoms with van der Waals surface area (Å²) in [5.41, 5.74) is 1.45. The van der Waals surface area contributed by atoms with E-state index in [-0.39, 0.29) is 17.4 Å². The summed E-state index contributed by atoms with van der Waals surface area (Å²) >= 11 is 0. The molecule has 8 heteroatoms. The predicted octanol–water partition coefficient (Wildman–Crippen LogP) is 1.44. The second-order valence-corrected chi connectivity index (χ2v) is 6.41. The number of hydrogen-bond donors (Lipinski definition) is 0. The standard InChI is InChI=1S/C19H13N5O3/c25-16-9-14(13-5-7-20-10-21-13)22-17-15(6-8-23(16)17)24-18(26)11-3-1-2-4-12(11)19(24)27/h1-5,7,9-10,15H,6,8H2. The van der Waals surface area contributed by atoms with E-state index in [4.69, 9.17) is 0 Å². The van der Waals surface area contributed by atoms with Crippen LogP contribution in [0.4, 0.5) is 0 Å².